The number of hydrogen-bond donors (Lipinski definition) is 2. The molecule has 1 aromatic rings. The Hall–Kier alpha value is -1.85. The van der Waals surface area contributed by atoms with E-state index in [-0.39, 0.29) is 24.9 Å². The Bertz CT molecular complexity index is 436. The van der Waals surface area contributed by atoms with Crippen LogP contribution in [0, 0.1) is 0 Å². The van der Waals surface area contributed by atoms with E-state index in [1.165, 1.54) is 10.9 Å². The van der Waals surface area contributed by atoms with Crippen LogP contribution >= 0.6 is 0 Å². The number of rotatable bonds is 5. The summed E-state index contributed by atoms with van der Waals surface area (Å²) in [5, 5.41) is 15.6. The second kappa shape index (κ2) is 5.66. The van der Waals surface area contributed by atoms with Gasteiger partial charge in [0.15, 0.2) is 0 Å². The molecular formula is C12H17N3O3. The molecule has 1 aliphatic rings. The van der Waals surface area contributed by atoms with E-state index in [1.54, 1.807) is 6.07 Å². The van der Waals surface area contributed by atoms with E-state index in [0.717, 1.165) is 25.7 Å². The molecule has 0 bridgehead atoms. The number of hydrogen-bond acceptors (Lipinski definition) is 3. The van der Waals surface area contributed by atoms with Crippen LogP contribution in [0.25, 0.3) is 0 Å². The van der Waals surface area contributed by atoms with E-state index in [2.05, 4.69) is 10.4 Å². The lowest BCUT2D eigenvalue weighted by atomic mass is 10.2. The van der Waals surface area contributed by atoms with Gasteiger partial charge in [0.25, 0.3) is 5.91 Å². The first-order valence-electron chi connectivity index (χ1n) is 6.21. The number of aryl methyl sites for hydroxylation is 1. The molecule has 0 atom stereocenters. The third-order valence-electron chi connectivity index (χ3n) is 3.18. The van der Waals surface area contributed by atoms with Crippen LogP contribution in [0.4, 0.5) is 0 Å². The largest absolute Gasteiger partial charge is 0.481 e. The van der Waals surface area contributed by atoms with Gasteiger partial charge >= 0.3 is 5.97 Å². The number of carboxylic acid groups (broad SMARTS) is 1. The van der Waals surface area contributed by atoms with Crippen LogP contribution in [-0.4, -0.2) is 32.8 Å². The summed E-state index contributed by atoms with van der Waals surface area (Å²) in [5.74, 6) is -1.06. The summed E-state index contributed by atoms with van der Waals surface area (Å²) in [5.41, 5.74) is 0.433. The zero-order valence-electron chi connectivity index (χ0n) is 10.1. The molecule has 2 rings (SSSR count). The molecule has 98 valence electrons. The SMILES string of the molecule is O=C(O)CCn1nccc1C(=O)NC1CCCC1. The fraction of sp³-hybridized carbons (Fsp3) is 0.583. The minimum absolute atomic E-state index is 0.0363. The van der Waals surface area contributed by atoms with Gasteiger partial charge in [-0.1, -0.05) is 12.8 Å². The van der Waals surface area contributed by atoms with E-state index >= 15 is 0 Å². The van der Waals surface area contributed by atoms with Gasteiger partial charge in [-0.3, -0.25) is 14.3 Å². The van der Waals surface area contributed by atoms with Crippen LogP contribution < -0.4 is 5.32 Å². The Morgan fingerprint density at radius 2 is 2.17 bits per heavy atom. The molecule has 1 amide bonds. The van der Waals surface area contributed by atoms with Crippen molar-refractivity contribution in [2.45, 2.75) is 44.7 Å². The van der Waals surface area contributed by atoms with Crippen molar-refractivity contribution in [1.82, 2.24) is 15.1 Å². The first kappa shape index (κ1) is 12.6. The number of carbonyl (C=O) groups excluding carboxylic acids is 1. The standard InChI is InChI=1S/C12H17N3O3/c16-11(17)6-8-15-10(5-7-13-15)12(18)14-9-3-1-2-4-9/h5,7,9H,1-4,6,8H2,(H,14,18)(H,16,17). The lowest BCUT2D eigenvalue weighted by Crippen LogP contribution is -2.34. The minimum Gasteiger partial charge on any atom is -0.481 e. The van der Waals surface area contributed by atoms with Crippen LogP contribution in [-0.2, 0) is 11.3 Å². The highest BCUT2D eigenvalue weighted by Crippen LogP contribution is 2.18. The topological polar surface area (TPSA) is 84.2 Å². The molecule has 1 heterocycles. The van der Waals surface area contributed by atoms with Crippen molar-refractivity contribution in [3.05, 3.63) is 18.0 Å². The molecule has 0 unspecified atom stereocenters. The van der Waals surface area contributed by atoms with Gasteiger partial charge in [0.1, 0.15) is 5.69 Å². The van der Waals surface area contributed by atoms with Gasteiger partial charge in [0.05, 0.1) is 13.0 Å². The van der Waals surface area contributed by atoms with Crippen molar-refractivity contribution >= 4 is 11.9 Å². The van der Waals surface area contributed by atoms with Crippen LogP contribution in [0.5, 0.6) is 0 Å². The molecule has 6 heteroatoms. The summed E-state index contributed by atoms with van der Waals surface area (Å²) in [4.78, 5) is 22.5. The Morgan fingerprint density at radius 1 is 1.44 bits per heavy atom. The number of aliphatic carboxylic acids is 1. The lowest BCUT2D eigenvalue weighted by Gasteiger charge is -2.12. The fourth-order valence-corrected chi connectivity index (χ4v) is 2.23. The van der Waals surface area contributed by atoms with Crippen LogP contribution in [0.3, 0.4) is 0 Å². The van der Waals surface area contributed by atoms with Crippen molar-refractivity contribution in [3.63, 3.8) is 0 Å². The van der Waals surface area contributed by atoms with Crippen LogP contribution in [0.15, 0.2) is 12.3 Å². The molecule has 0 radical (unpaired) electrons. The van der Waals surface area contributed by atoms with Gasteiger partial charge in [-0.15, -0.1) is 0 Å². The normalized spacial score (nSPS) is 15.8. The summed E-state index contributed by atoms with van der Waals surface area (Å²) in [6.45, 7) is 0.218. The third kappa shape index (κ3) is 3.09. The lowest BCUT2D eigenvalue weighted by molar-refractivity contribution is -0.137. The van der Waals surface area contributed by atoms with Gasteiger partial charge in [-0.05, 0) is 18.9 Å². The number of amides is 1. The van der Waals surface area contributed by atoms with Crippen molar-refractivity contribution in [2.24, 2.45) is 0 Å². The number of nitrogens with zero attached hydrogens (tertiary/aromatic N) is 2. The smallest absolute Gasteiger partial charge is 0.305 e. The second-order valence-corrected chi connectivity index (χ2v) is 4.54. The van der Waals surface area contributed by atoms with Crippen molar-refractivity contribution in [3.8, 4) is 0 Å². The van der Waals surface area contributed by atoms with Crippen LogP contribution in [0.2, 0.25) is 0 Å². The molecule has 0 aliphatic heterocycles. The number of carboxylic acids is 1. The molecule has 1 aliphatic carbocycles. The second-order valence-electron chi connectivity index (χ2n) is 4.54. The third-order valence-corrected chi connectivity index (χ3v) is 3.18. The van der Waals surface area contributed by atoms with Gasteiger partial charge in [-0.2, -0.15) is 5.10 Å². The number of carbonyl (C=O) groups is 2. The Kier molecular flexibility index (Phi) is 3.96. The van der Waals surface area contributed by atoms with Crippen molar-refractivity contribution in [2.75, 3.05) is 0 Å². The molecule has 0 spiro atoms. The molecule has 1 aromatic heterocycles. The first-order chi connectivity index (χ1) is 8.66. The zero-order chi connectivity index (χ0) is 13.0. The maximum absolute atomic E-state index is 12.0. The van der Waals surface area contributed by atoms with E-state index in [1.807, 2.05) is 0 Å². The molecule has 1 fully saturated rings. The number of aromatic nitrogens is 2. The van der Waals surface area contributed by atoms with Gasteiger partial charge < -0.3 is 10.4 Å². The van der Waals surface area contributed by atoms with E-state index in [0.29, 0.717) is 5.69 Å². The average Bonchev–Trinajstić information content (AvgIpc) is 2.96. The summed E-state index contributed by atoms with van der Waals surface area (Å²) in [6.07, 6.45) is 5.84. The molecule has 1 saturated carbocycles. The van der Waals surface area contributed by atoms with Crippen molar-refractivity contribution < 1.29 is 14.7 Å². The predicted octanol–water partition coefficient (Wildman–Crippen LogP) is 1.03. The molecular weight excluding hydrogens is 234 g/mol. The Labute approximate surface area is 105 Å². The van der Waals surface area contributed by atoms with Gasteiger partial charge in [-0.25, -0.2) is 0 Å². The monoisotopic (exact) mass is 251 g/mol. The number of nitrogens with one attached hydrogen (secondary N) is 1. The van der Waals surface area contributed by atoms with E-state index in [4.69, 9.17) is 5.11 Å². The predicted molar refractivity (Wildman–Crippen MR) is 64.2 cm³/mol. The summed E-state index contributed by atoms with van der Waals surface area (Å²) >= 11 is 0. The summed E-state index contributed by atoms with van der Waals surface area (Å²) < 4.78 is 1.44. The first-order valence-corrected chi connectivity index (χ1v) is 6.21. The molecule has 6 nitrogen and oxygen atoms in total. The van der Waals surface area contributed by atoms with E-state index in [9.17, 15) is 9.59 Å². The Balaban J connectivity index is 1.96. The summed E-state index contributed by atoms with van der Waals surface area (Å²) in [7, 11) is 0. The van der Waals surface area contributed by atoms with Gasteiger partial charge in [0, 0.05) is 12.2 Å². The molecule has 18 heavy (non-hydrogen) atoms. The molecule has 2 N–H and O–H groups in total. The fourth-order valence-electron chi connectivity index (χ4n) is 2.23. The quantitative estimate of drug-likeness (QED) is 0.818. The Morgan fingerprint density at radius 3 is 2.83 bits per heavy atom. The highest BCUT2D eigenvalue weighted by molar-refractivity contribution is 5.92. The molecule has 0 saturated heterocycles. The maximum Gasteiger partial charge on any atom is 0.305 e. The van der Waals surface area contributed by atoms with Gasteiger partial charge in [0.2, 0.25) is 0 Å². The minimum atomic E-state index is -0.896. The maximum atomic E-state index is 12.0. The van der Waals surface area contributed by atoms with Crippen molar-refractivity contribution in [1.29, 1.82) is 0 Å². The summed E-state index contributed by atoms with van der Waals surface area (Å²) in [6, 6.07) is 1.87. The molecule has 0 aromatic carbocycles. The zero-order valence-corrected chi connectivity index (χ0v) is 10.1. The highest BCUT2D eigenvalue weighted by atomic mass is 16.4. The van der Waals surface area contributed by atoms with Crippen LogP contribution in [0.1, 0.15) is 42.6 Å². The average molecular weight is 251 g/mol. The van der Waals surface area contributed by atoms with E-state index < -0.39 is 5.97 Å². The highest BCUT2D eigenvalue weighted by Gasteiger charge is 2.20.